The largest absolute Gasteiger partial charge is 0.468 e. The van der Waals surface area contributed by atoms with Gasteiger partial charge in [-0.05, 0) is 54.7 Å². The van der Waals surface area contributed by atoms with E-state index in [0.29, 0.717) is 15.3 Å². The van der Waals surface area contributed by atoms with E-state index in [1.165, 1.54) is 6.07 Å². The number of nitrogens with one attached hydrogen (secondary N) is 2. The van der Waals surface area contributed by atoms with E-state index in [4.69, 9.17) is 16.6 Å². The fraction of sp³-hybridized carbons (Fsp3) is 0.267. The molecular weight excluding hydrogens is 387 g/mol. The van der Waals surface area contributed by atoms with Crippen molar-refractivity contribution in [3.8, 4) is 0 Å². The summed E-state index contributed by atoms with van der Waals surface area (Å²) in [4.78, 5) is 0. The van der Waals surface area contributed by atoms with E-state index in [2.05, 4.69) is 26.6 Å². The van der Waals surface area contributed by atoms with Crippen molar-refractivity contribution in [2.45, 2.75) is 12.2 Å². The lowest BCUT2D eigenvalue weighted by molar-refractivity contribution is 0.530. The topological polar surface area (TPSA) is 37.2 Å². The molecule has 0 spiro atoms. The van der Waals surface area contributed by atoms with Gasteiger partial charge in [0, 0.05) is 11.0 Å². The van der Waals surface area contributed by atoms with Gasteiger partial charge in [0.2, 0.25) is 0 Å². The normalized spacial score (nSPS) is 10.5. The Hall–Kier alpha value is -1.05. The summed E-state index contributed by atoms with van der Waals surface area (Å²) < 4.78 is 19.6. The molecule has 0 radical (unpaired) electrons. The van der Waals surface area contributed by atoms with Crippen LogP contribution in [-0.2, 0) is 5.75 Å². The van der Waals surface area contributed by atoms with Crippen molar-refractivity contribution in [2.24, 2.45) is 0 Å². The minimum absolute atomic E-state index is 0.340. The highest BCUT2D eigenvalue weighted by atomic mass is 79.9. The standard InChI is InChI=1S/C15H16BrFN2OS2/c16-11-4-5-14(13(17)9-11)19-15(21)18-6-2-8-22-10-12-3-1-7-20-12/h1,3-5,7,9H,2,6,8,10H2,(H2,18,19,21). The van der Waals surface area contributed by atoms with Crippen molar-refractivity contribution in [3.63, 3.8) is 0 Å². The zero-order valence-electron chi connectivity index (χ0n) is 11.8. The first-order valence-electron chi connectivity index (χ1n) is 6.75. The lowest BCUT2D eigenvalue weighted by Crippen LogP contribution is -2.29. The molecule has 3 nitrogen and oxygen atoms in total. The molecule has 0 aliphatic carbocycles. The molecule has 0 saturated heterocycles. The van der Waals surface area contributed by atoms with Gasteiger partial charge in [0.1, 0.15) is 11.6 Å². The lowest BCUT2D eigenvalue weighted by Gasteiger charge is -2.11. The third kappa shape index (κ3) is 5.98. The maximum atomic E-state index is 13.6. The zero-order chi connectivity index (χ0) is 15.8. The van der Waals surface area contributed by atoms with Crippen molar-refractivity contribution in [3.05, 3.63) is 52.6 Å². The predicted molar refractivity (Wildman–Crippen MR) is 97.8 cm³/mol. The monoisotopic (exact) mass is 402 g/mol. The molecule has 1 heterocycles. The summed E-state index contributed by atoms with van der Waals surface area (Å²) in [5, 5.41) is 6.35. The molecule has 0 fully saturated rings. The van der Waals surface area contributed by atoms with Crippen LogP contribution in [0.25, 0.3) is 0 Å². The van der Waals surface area contributed by atoms with E-state index in [0.717, 1.165) is 30.2 Å². The Morgan fingerprint density at radius 1 is 1.36 bits per heavy atom. The van der Waals surface area contributed by atoms with Gasteiger partial charge in [0.15, 0.2) is 5.11 Å². The Morgan fingerprint density at radius 2 is 2.23 bits per heavy atom. The molecule has 0 aliphatic heterocycles. The maximum Gasteiger partial charge on any atom is 0.170 e. The maximum absolute atomic E-state index is 13.6. The highest BCUT2D eigenvalue weighted by Gasteiger charge is 2.04. The molecule has 0 atom stereocenters. The molecule has 0 amide bonds. The Labute approximate surface area is 147 Å². The third-order valence-corrected chi connectivity index (χ3v) is 4.56. The van der Waals surface area contributed by atoms with Crippen LogP contribution in [0.1, 0.15) is 12.2 Å². The van der Waals surface area contributed by atoms with Crippen LogP contribution in [0.4, 0.5) is 10.1 Å². The second kappa shape index (κ2) is 9.17. The molecule has 2 rings (SSSR count). The highest BCUT2D eigenvalue weighted by Crippen LogP contribution is 2.19. The first-order chi connectivity index (χ1) is 10.6. The van der Waals surface area contributed by atoms with E-state index in [-0.39, 0.29) is 5.82 Å². The van der Waals surface area contributed by atoms with Crippen molar-refractivity contribution < 1.29 is 8.81 Å². The number of thioether (sulfide) groups is 1. The average Bonchev–Trinajstić information content (AvgIpc) is 2.99. The molecule has 1 aromatic carbocycles. The molecule has 0 saturated carbocycles. The second-order valence-electron chi connectivity index (χ2n) is 4.49. The minimum atomic E-state index is -0.340. The summed E-state index contributed by atoms with van der Waals surface area (Å²) in [5.74, 6) is 2.52. The fourth-order valence-corrected chi connectivity index (χ4v) is 3.10. The van der Waals surface area contributed by atoms with E-state index in [1.54, 1.807) is 18.4 Å². The molecule has 0 aliphatic rings. The molecular formula is C15H16BrFN2OS2. The van der Waals surface area contributed by atoms with Gasteiger partial charge < -0.3 is 15.1 Å². The van der Waals surface area contributed by atoms with E-state index in [1.807, 2.05) is 23.9 Å². The van der Waals surface area contributed by atoms with E-state index < -0.39 is 0 Å². The summed E-state index contributed by atoms with van der Waals surface area (Å²) in [5.41, 5.74) is 0.368. The van der Waals surface area contributed by atoms with Crippen LogP contribution < -0.4 is 10.6 Å². The minimum Gasteiger partial charge on any atom is -0.468 e. The second-order valence-corrected chi connectivity index (χ2v) is 6.92. The Kier molecular flexibility index (Phi) is 7.21. The Balaban J connectivity index is 1.59. The molecule has 118 valence electrons. The third-order valence-electron chi connectivity index (χ3n) is 2.75. The van der Waals surface area contributed by atoms with Crippen molar-refractivity contribution in [1.82, 2.24) is 5.32 Å². The van der Waals surface area contributed by atoms with Crippen molar-refractivity contribution in [1.29, 1.82) is 0 Å². The van der Waals surface area contributed by atoms with E-state index >= 15 is 0 Å². The molecule has 2 aromatic rings. The fourth-order valence-electron chi connectivity index (χ4n) is 1.70. The van der Waals surface area contributed by atoms with Gasteiger partial charge in [-0.15, -0.1) is 0 Å². The van der Waals surface area contributed by atoms with Gasteiger partial charge in [-0.25, -0.2) is 4.39 Å². The number of anilines is 1. The Morgan fingerprint density at radius 3 is 2.95 bits per heavy atom. The molecule has 0 bridgehead atoms. The van der Waals surface area contributed by atoms with Gasteiger partial charge >= 0.3 is 0 Å². The van der Waals surface area contributed by atoms with Gasteiger partial charge in [-0.3, -0.25) is 0 Å². The summed E-state index contributed by atoms with van der Waals surface area (Å²) in [6.07, 6.45) is 2.65. The highest BCUT2D eigenvalue weighted by molar-refractivity contribution is 9.10. The van der Waals surface area contributed by atoms with Gasteiger partial charge in [0.05, 0.1) is 17.7 Å². The number of halogens is 2. The van der Waals surface area contributed by atoms with E-state index in [9.17, 15) is 4.39 Å². The molecule has 2 N–H and O–H groups in total. The van der Waals surface area contributed by atoms with Crippen LogP contribution in [0.15, 0.2) is 45.5 Å². The summed E-state index contributed by atoms with van der Waals surface area (Å²) in [7, 11) is 0. The first kappa shape index (κ1) is 17.3. The van der Waals surface area contributed by atoms with Crippen LogP contribution in [0.5, 0.6) is 0 Å². The van der Waals surface area contributed by atoms with Gasteiger partial charge in [0.25, 0.3) is 0 Å². The van der Waals surface area contributed by atoms with Crippen LogP contribution >= 0.6 is 39.9 Å². The molecule has 0 unspecified atom stereocenters. The van der Waals surface area contributed by atoms with Crippen molar-refractivity contribution in [2.75, 3.05) is 17.6 Å². The van der Waals surface area contributed by atoms with Crippen LogP contribution in [0, 0.1) is 5.82 Å². The SMILES string of the molecule is Fc1cc(Br)ccc1NC(=S)NCCCSCc1ccco1. The number of hydrogen-bond donors (Lipinski definition) is 2. The molecule has 7 heteroatoms. The number of furan rings is 1. The Bertz CT molecular complexity index is 608. The quantitative estimate of drug-likeness (QED) is 0.514. The number of hydrogen-bond acceptors (Lipinski definition) is 3. The van der Waals surface area contributed by atoms with Crippen LogP contribution in [0.3, 0.4) is 0 Å². The van der Waals surface area contributed by atoms with Gasteiger partial charge in [-0.2, -0.15) is 11.8 Å². The summed E-state index contributed by atoms with van der Waals surface area (Å²) in [6, 6.07) is 8.67. The summed E-state index contributed by atoms with van der Waals surface area (Å²) in [6.45, 7) is 0.745. The number of rotatable bonds is 7. The molecule has 22 heavy (non-hydrogen) atoms. The van der Waals surface area contributed by atoms with Crippen LogP contribution in [-0.4, -0.2) is 17.4 Å². The predicted octanol–water partition coefficient (Wildman–Crippen LogP) is 4.79. The van der Waals surface area contributed by atoms with Crippen LogP contribution in [0.2, 0.25) is 0 Å². The smallest absolute Gasteiger partial charge is 0.170 e. The lowest BCUT2D eigenvalue weighted by atomic mass is 10.3. The molecule has 1 aromatic heterocycles. The van der Waals surface area contributed by atoms with Gasteiger partial charge in [-0.1, -0.05) is 15.9 Å². The van der Waals surface area contributed by atoms with Crippen molar-refractivity contribution >= 4 is 50.7 Å². The number of benzene rings is 1. The average molecular weight is 403 g/mol. The number of thiocarbonyl (C=S) groups is 1. The zero-order valence-corrected chi connectivity index (χ0v) is 15.0. The summed E-state index contributed by atoms with van der Waals surface area (Å²) >= 11 is 10.2. The first-order valence-corrected chi connectivity index (χ1v) is 9.11.